The second-order valence-electron chi connectivity index (χ2n) is 6.72. The summed E-state index contributed by atoms with van der Waals surface area (Å²) >= 11 is 7.80. The van der Waals surface area contributed by atoms with Gasteiger partial charge in [0.15, 0.2) is 0 Å². The van der Waals surface area contributed by atoms with Crippen molar-refractivity contribution in [2.24, 2.45) is 0 Å². The van der Waals surface area contributed by atoms with Crippen LogP contribution in [0.2, 0.25) is 0 Å². The second-order valence-corrected chi connectivity index (χ2v) is 16.8. The van der Waals surface area contributed by atoms with E-state index in [0.717, 1.165) is 17.4 Å². The van der Waals surface area contributed by atoms with E-state index in [-0.39, 0.29) is 0 Å². The normalized spacial score (nSPS) is 16.8. The second kappa shape index (κ2) is 6.55. The summed E-state index contributed by atoms with van der Waals surface area (Å²) in [7, 11) is 0. The zero-order chi connectivity index (χ0) is 16.4. The van der Waals surface area contributed by atoms with E-state index in [1.807, 2.05) is 11.4 Å². The number of benzene rings is 2. The molecule has 4 heteroatoms. The van der Waals surface area contributed by atoms with Gasteiger partial charge in [-0.3, -0.25) is 0 Å². The molecule has 23 heavy (non-hydrogen) atoms. The van der Waals surface area contributed by atoms with Crippen LogP contribution >= 0.6 is 29.4 Å². The molecule has 0 aromatic heterocycles. The molecule has 1 nitrogen and oxygen atoms in total. The van der Waals surface area contributed by atoms with Crippen LogP contribution in [-0.2, 0) is 0 Å². The molecule has 0 aliphatic carbocycles. The van der Waals surface area contributed by atoms with Crippen molar-refractivity contribution in [1.82, 2.24) is 4.90 Å². The first-order valence-electron chi connectivity index (χ1n) is 8.11. The SMILES string of the molecule is CP(C)(SC(=S)N1CCCC1)(c1ccccc1)c1ccccc1. The third-order valence-corrected chi connectivity index (χ3v) is 13.6. The average Bonchev–Trinajstić information content (AvgIpc) is 3.11. The van der Waals surface area contributed by atoms with Crippen LogP contribution in [0, 0.1) is 0 Å². The molecule has 0 spiro atoms. The van der Waals surface area contributed by atoms with Crippen molar-refractivity contribution in [3.63, 3.8) is 0 Å². The van der Waals surface area contributed by atoms with Gasteiger partial charge in [0.05, 0.1) is 0 Å². The first-order valence-corrected chi connectivity index (χ1v) is 13.1. The van der Waals surface area contributed by atoms with Crippen molar-refractivity contribution < 1.29 is 0 Å². The van der Waals surface area contributed by atoms with Gasteiger partial charge < -0.3 is 0 Å². The van der Waals surface area contributed by atoms with Crippen molar-refractivity contribution in [2.75, 3.05) is 26.4 Å². The van der Waals surface area contributed by atoms with E-state index in [1.165, 1.54) is 23.5 Å². The van der Waals surface area contributed by atoms with Crippen LogP contribution in [0.15, 0.2) is 60.7 Å². The van der Waals surface area contributed by atoms with Gasteiger partial charge in [0.1, 0.15) is 0 Å². The minimum absolute atomic E-state index is 1.07. The summed E-state index contributed by atoms with van der Waals surface area (Å²) in [6.07, 6.45) is 2.53. The third-order valence-electron chi connectivity index (χ3n) is 4.73. The molecule has 2 aromatic rings. The maximum absolute atomic E-state index is 5.86. The summed E-state index contributed by atoms with van der Waals surface area (Å²) in [4.78, 5) is 2.39. The van der Waals surface area contributed by atoms with Gasteiger partial charge in [-0.05, 0) is 0 Å². The summed E-state index contributed by atoms with van der Waals surface area (Å²) in [5.41, 5.74) is 0. The van der Waals surface area contributed by atoms with Crippen molar-refractivity contribution in [1.29, 1.82) is 0 Å². The van der Waals surface area contributed by atoms with Crippen LogP contribution in [0.1, 0.15) is 12.8 Å². The zero-order valence-electron chi connectivity index (χ0n) is 13.8. The monoisotopic (exact) mass is 361 g/mol. The Morgan fingerprint density at radius 3 is 1.74 bits per heavy atom. The minimum atomic E-state index is -2.39. The van der Waals surface area contributed by atoms with E-state index in [9.17, 15) is 0 Å². The molecule has 0 unspecified atom stereocenters. The molecule has 1 heterocycles. The van der Waals surface area contributed by atoms with Gasteiger partial charge >= 0.3 is 149 Å². The molecular weight excluding hydrogens is 337 g/mol. The van der Waals surface area contributed by atoms with Crippen molar-refractivity contribution >= 4 is 44.3 Å². The van der Waals surface area contributed by atoms with Gasteiger partial charge in [-0.2, -0.15) is 0 Å². The summed E-state index contributed by atoms with van der Waals surface area (Å²) in [6.45, 7) is 7.09. The Morgan fingerprint density at radius 1 is 0.870 bits per heavy atom. The molecule has 0 atom stereocenters. The molecular formula is C19H24NPS2. The molecule has 0 bridgehead atoms. The Labute approximate surface area is 149 Å². The fourth-order valence-corrected chi connectivity index (χ4v) is 11.8. The van der Waals surface area contributed by atoms with Gasteiger partial charge in [0.25, 0.3) is 0 Å². The van der Waals surface area contributed by atoms with Crippen molar-refractivity contribution in [3.8, 4) is 0 Å². The molecule has 0 amide bonds. The summed E-state index contributed by atoms with van der Waals surface area (Å²) in [5.74, 6) is -2.39. The van der Waals surface area contributed by atoms with E-state index in [0.29, 0.717) is 0 Å². The number of hydrogen-bond donors (Lipinski definition) is 0. The number of thiocarbonyl (C=S) groups is 1. The van der Waals surface area contributed by atoms with E-state index < -0.39 is 5.81 Å². The fourth-order valence-electron chi connectivity index (χ4n) is 3.17. The Hall–Kier alpha value is -0.890. The van der Waals surface area contributed by atoms with Crippen LogP contribution in [0.25, 0.3) is 0 Å². The molecule has 1 aliphatic heterocycles. The first-order chi connectivity index (χ1) is 11.0. The van der Waals surface area contributed by atoms with Gasteiger partial charge in [-0.1, -0.05) is 0 Å². The van der Waals surface area contributed by atoms with Crippen LogP contribution in [0.4, 0.5) is 0 Å². The summed E-state index contributed by atoms with van der Waals surface area (Å²) in [6, 6.07) is 21.8. The third kappa shape index (κ3) is 3.33. The number of hydrogen-bond acceptors (Lipinski definition) is 2. The molecule has 0 radical (unpaired) electrons. The number of rotatable bonds is 3. The van der Waals surface area contributed by atoms with Crippen LogP contribution < -0.4 is 10.6 Å². The molecule has 1 aliphatic rings. The summed E-state index contributed by atoms with van der Waals surface area (Å²) < 4.78 is 1.07. The van der Waals surface area contributed by atoms with E-state index in [1.54, 1.807) is 0 Å². The van der Waals surface area contributed by atoms with Crippen LogP contribution in [0.5, 0.6) is 0 Å². The topological polar surface area (TPSA) is 3.24 Å². The van der Waals surface area contributed by atoms with Crippen molar-refractivity contribution in [2.45, 2.75) is 12.8 Å². The van der Waals surface area contributed by atoms with Gasteiger partial charge in [0, 0.05) is 0 Å². The molecule has 122 valence electrons. The Morgan fingerprint density at radius 2 is 1.30 bits per heavy atom. The van der Waals surface area contributed by atoms with Gasteiger partial charge in [0.2, 0.25) is 0 Å². The predicted octanol–water partition coefficient (Wildman–Crippen LogP) is 4.48. The fraction of sp³-hybridized carbons (Fsp3) is 0.316. The van der Waals surface area contributed by atoms with Crippen molar-refractivity contribution in [3.05, 3.63) is 60.7 Å². The molecule has 0 N–H and O–H groups in total. The molecule has 2 aromatic carbocycles. The first kappa shape index (κ1) is 17.0. The van der Waals surface area contributed by atoms with Crippen LogP contribution in [-0.4, -0.2) is 35.6 Å². The summed E-state index contributed by atoms with van der Waals surface area (Å²) in [5, 5.41) is 2.83. The average molecular weight is 362 g/mol. The molecule has 0 saturated carbocycles. The number of likely N-dealkylation sites (tertiary alicyclic amines) is 1. The van der Waals surface area contributed by atoms with E-state index in [2.05, 4.69) is 78.9 Å². The molecule has 1 saturated heterocycles. The Balaban J connectivity index is 2.05. The quantitative estimate of drug-likeness (QED) is 0.586. The standard InChI is InChI=1S/C19H24NPS2/c1-21(2,17-11-5-3-6-12-17,18-13-7-4-8-14-18)23-19(22)20-15-9-10-16-20/h3-8,11-14H,9-10,15-16H2,1-2H3. The van der Waals surface area contributed by atoms with Gasteiger partial charge in [-0.15, -0.1) is 0 Å². The molecule has 1 fully saturated rings. The number of nitrogens with zero attached hydrogens (tertiary/aromatic N) is 1. The van der Waals surface area contributed by atoms with Gasteiger partial charge in [-0.25, -0.2) is 0 Å². The van der Waals surface area contributed by atoms with E-state index in [4.69, 9.17) is 12.2 Å². The van der Waals surface area contributed by atoms with E-state index >= 15 is 0 Å². The Kier molecular flexibility index (Phi) is 4.83. The predicted molar refractivity (Wildman–Crippen MR) is 112 cm³/mol. The molecule has 3 rings (SSSR count). The maximum atomic E-state index is 5.86. The zero-order valence-corrected chi connectivity index (χ0v) is 16.3. The van der Waals surface area contributed by atoms with Crippen LogP contribution in [0.3, 0.4) is 0 Å². The Bertz CT molecular complexity index is 636.